The number of carbonyl (C=O) groups is 4. The fourth-order valence-corrected chi connectivity index (χ4v) is 5.57. The predicted octanol–water partition coefficient (Wildman–Crippen LogP) is 3.13. The van der Waals surface area contributed by atoms with E-state index in [0.29, 0.717) is 25.7 Å². The van der Waals surface area contributed by atoms with Crippen LogP contribution in [0.1, 0.15) is 38.5 Å². The van der Waals surface area contributed by atoms with Crippen LogP contribution >= 0.6 is 23.2 Å². The number of amides is 2. The Morgan fingerprint density at radius 2 is 1.42 bits per heavy atom. The highest BCUT2D eigenvalue weighted by atomic mass is 35.5. The molecule has 3 aliphatic carbocycles. The van der Waals surface area contributed by atoms with Crippen molar-refractivity contribution < 1.29 is 47.3 Å². The number of fused-ring (bicyclic) bond motifs is 3. The summed E-state index contributed by atoms with van der Waals surface area (Å²) in [4.78, 5) is 49.5. The lowest BCUT2D eigenvalue weighted by Crippen LogP contribution is -2.71. The summed E-state index contributed by atoms with van der Waals surface area (Å²) in [6.07, 6.45) is -0.0625. The molecule has 5 N–H and O–H groups in total. The number of rotatable bonds is 12. The minimum Gasteiger partial charge on any atom is -0.484 e. The zero-order valence-electron chi connectivity index (χ0n) is 22.7. The largest absolute Gasteiger partial charge is 0.484 e. The van der Waals surface area contributed by atoms with Gasteiger partial charge < -0.3 is 35.7 Å². The molecule has 0 spiro atoms. The Labute approximate surface area is 254 Å². The van der Waals surface area contributed by atoms with Gasteiger partial charge in [-0.15, -0.1) is 0 Å². The number of carboxylic acid groups (broad SMARTS) is 1. The Balaban J connectivity index is 1.43. The molecule has 43 heavy (non-hydrogen) atoms. The highest BCUT2D eigenvalue weighted by Crippen LogP contribution is 2.48. The molecule has 0 saturated heterocycles. The van der Waals surface area contributed by atoms with E-state index in [1.807, 2.05) is 0 Å². The van der Waals surface area contributed by atoms with E-state index in [-0.39, 0.29) is 28.0 Å². The maximum Gasteiger partial charge on any atom is 0.321 e. The molecular weight excluding hydrogens is 615 g/mol. The number of aliphatic carboxylic acids is 1. The summed E-state index contributed by atoms with van der Waals surface area (Å²) < 4.78 is 43.9. The van der Waals surface area contributed by atoms with E-state index in [2.05, 4.69) is 10.6 Å². The molecular formula is C28H29Cl2F2N3O8. The van der Waals surface area contributed by atoms with Crippen molar-refractivity contribution in [1.29, 1.82) is 0 Å². The van der Waals surface area contributed by atoms with Crippen LogP contribution in [-0.4, -0.2) is 65.3 Å². The van der Waals surface area contributed by atoms with Crippen LogP contribution < -0.4 is 25.8 Å². The number of nitrogens with one attached hydrogen (secondary N) is 2. The number of carbonyl (C=O) groups excluding carboxylic acids is 3. The summed E-state index contributed by atoms with van der Waals surface area (Å²) in [7, 11) is 0. The molecule has 2 amide bonds. The van der Waals surface area contributed by atoms with E-state index in [4.69, 9.17) is 48.3 Å². The van der Waals surface area contributed by atoms with E-state index in [9.17, 15) is 28.0 Å². The summed E-state index contributed by atoms with van der Waals surface area (Å²) in [5.74, 6) is -4.57. The predicted molar refractivity (Wildman–Crippen MR) is 149 cm³/mol. The van der Waals surface area contributed by atoms with Crippen molar-refractivity contribution in [2.24, 2.45) is 5.73 Å². The zero-order chi connectivity index (χ0) is 31.4. The average molecular weight is 644 g/mol. The maximum atomic E-state index is 13.7. The summed E-state index contributed by atoms with van der Waals surface area (Å²) in [5, 5.41) is 14.7. The van der Waals surface area contributed by atoms with Crippen LogP contribution in [0.15, 0.2) is 36.4 Å². The van der Waals surface area contributed by atoms with Crippen LogP contribution in [0.2, 0.25) is 10.0 Å². The standard InChI is InChI=1S/C28H29Cl2F2N3O8/c29-17-3-1-15(9-19(17)31)41-13-23(36)34-27-5-7-28(8-6-27,22(12-27)43-25(38)11-21(33)26(39)40)35-24(37)14-42-16-2-4-18(30)20(32)10-16/h1-4,9-10,21-22H,5-8,11-14,33H2,(H,34,36)(H,35,37)(H,39,40)/t21-,22+,27?,28?/m0/s1. The van der Waals surface area contributed by atoms with Gasteiger partial charge in [-0.3, -0.25) is 19.2 Å². The molecule has 3 fully saturated rings. The molecule has 2 atom stereocenters. The molecule has 5 rings (SSSR count). The first-order valence-electron chi connectivity index (χ1n) is 13.3. The van der Waals surface area contributed by atoms with Gasteiger partial charge in [0.25, 0.3) is 11.8 Å². The number of carboxylic acids is 1. The Kier molecular flexibility index (Phi) is 9.98. The fraction of sp³-hybridized carbons (Fsp3) is 0.429. The molecule has 3 aliphatic rings. The normalized spacial score (nSPS) is 23.1. The zero-order valence-corrected chi connectivity index (χ0v) is 24.2. The van der Waals surface area contributed by atoms with E-state index in [1.54, 1.807) is 0 Å². The molecule has 232 valence electrons. The van der Waals surface area contributed by atoms with Gasteiger partial charge in [0, 0.05) is 24.1 Å². The molecule has 0 aromatic heterocycles. The molecule has 0 heterocycles. The van der Waals surface area contributed by atoms with Crippen molar-refractivity contribution in [3.05, 3.63) is 58.1 Å². The number of hydrogen-bond acceptors (Lipinski definition) is 8. The van der Waals surface area contributed by atoms with Gasteiger partial charge in [0.1, 0.15) is 35.3 Å². The third-order valence-corrected chi connectivity index (χ3v) is 8.20. The van der Waals surface area contributed by atoms with Crippen LogP contribution in [0.3, 0.4) is 0 Å². The SMILES string of the molecule is N[C@@H](CC(=O)O[C@@H]1CC2(NC(=O)COc3ccc(Cl)c(F)c3)CCC1(NC(=O)COc1ccc(Cl)c(F)c1)CC2)C(=O)O. The van der Waals surface area contributed by atoms with E-state index >= 15 is 0 Å². The van der Waals surface area contributed by atoms with Gasteiger partial charge in [0.05, 0.1) is 22.0 Å². The van der Waals surface area contributed by atoms with Gasteiger partial charge in [-0.05, 0) is 49.9 Å². The molecule has 2 bridgehead atoms. The van der Waals surface area contributed by atoms with Crippen LogP contribution in [0.4, 0.5) is 8.78 Å². The number of esters is 1. The number of halogens is 4. The van der Waals surface area contributed by atoms with E-state index in [0.717, 1.165) is 12.1 Å². The fourth-order valence-electron chi connectivity index (χ4n) is 5.34. The highest BCUT2D eigenvalue weighted by molar-refractivity contribution is 6.31. The second-order valence-corrected chi connectivity index (χ2v) is 11.4. The molecule has 15 heteroatoms. The first-order chi connectivity index (χ1) is 20.3. The Bertz CT molecular complexity index is 1400. The smallest absolute Gasteiger partial charge is 0.321 e. The Morgan fingerprint density at radius 3 is 1.91 bits per heavy atom. The third kappa shape index (κ3) is 8.03. The van der Waals surface area contributed by atoms with Gasteiger partial charge in [-0.2, -0.15) is 0 Å². The van der Waals surface area contributed by atoms with Crippen LogP contribution in [0, 0.1) is 11.6 Å². The lowest BCUT2D eigenvalue weighted by molar-refractivity contribution is -0.168. The number of nitrogens with two attached hydrogens (primary N) is 1. The van der Waals surface area contributed by atoms with Gasteiger partial charge >= 0.3 is 11.9 Å². The molecule has 0 unspecified atom stereocenters. The molecule has 2 aromatic rings. The topological polar surface area (TPSA) is 166 Å². The molecule has 0 radical (unpaired) electrons. The van der Waals surface area contributed by atoms with Gasteiger partial charge in [0.15, 0.2) is 13.2 Å². The van der Waals surface area contributed by atoms with Gasteiger partial charge in [-0.25, -0.2) is 8.78 Å². The second kappa shape index (κ2) is 13.3. The van der Waals surface area contributed by atoms with Crippen LogP contribution in [0.5, 0.6) is 11.5 Å². The number of hydrogen-bond donors (Lipinski definition) is 4. The highest BCUT2D eigenvalue weighted by Gasteiger charge is 2.57. The molecule has 2 aromatic carbocycles. The van der Waals surface area contributed by atoms with Crippen molar-refractivity contribution in [3.8, 4) is 11.5 Å². The Hall–Kier alpha value is -3.68. The quantitative estimate of drug-likeness (QED) is 0.254. The Morgan fingerprint density at radius 1 is 0.907 bits per heavy atom. The molecule has 11 nitrogen and oxygen atoms in total. The third-order valence-electron chi connectivity index (χ3n) is 7.58. The number of benzene rings is 2. The van der Waals surface area contributed by atoms with Crippen molar-refractivity contribution in [1.82, 2.24) is 10.6 Å². The van der Waals surface area contributed by atoms with Gasteiger partial charge in [-0.1, -0.05) is 23.2 Å². The summed E-state index contributed by atoms with van der Waals surface area (Å²) >= 11 is 11.3. The number of ether oxygens (including phenoxy) is 3. The summed E-state index contributed by atoms with van der Waals surface area (Å²) in [6.45, 7) is -0.900. The average Bonchev–Trinajstić information content (AvgIpc) is 2.95. The lowest BCUT2D eigenvalue weighted by atomic mass is 9.59. The summed E-state index contributed by atoms with van der Waals surface area (Å²) in [5.41, 5.74) is 3.63. The first kappa shape index (κ1) is 32.2. The van der Waals surface area contributed by atoms with Gasteiger partial charge in [0.2, 0.25) is 0 Å². The maximum absolute atomic E-state index is 13.7. The van der Waals surface area contributed by atoms with Crippen molar-refractivity contribution in [3.63, 3.8) is 0 Å². The van der Waals surface area contributed by atoms with E-state index in [1.165, 1.54) is 24.3 Å². The lowest BCUT2D eigenvalue weighted by Gasteiger charge is -2.57. The summed E-state index contributed by atoms with van der Waals surface area (Å²) in [6, 6.07) is 6.00. The second-order valence-electron chi connectivity index (χ2n) is 10.6. The minimum absolute atomic E-state index is 0.0813. The minimum atomic E-state index is -1.49. The van der Waals surface area contributed by atoms with Crippen molar-refractivity contribution in [2.45, 2.75) is 61.7 Å². The van der Waals surface area contributed by atoms with Crippen molar-refractivity contribution >= 4 is 47.0 Å². The van der Waals surface area contributed by atoms with Crippen LogP contribution in [0.25, 0.3) is 0 Å². The van der Waals surface area contributed by atoms with Crippen molar-refractivity contribution in [2.75, 3.05) is 13.2 Å². The van der Waals surface area contributed by atoms with Crippen LogP contribution in [-0.2, 0) is 23.9 Å². The molecule has 0 aliphatic heterocycles. The monoisotopic (exact) mass is 643 g/mol. The first-order valence-corrected chi connectivity index (χ1v) is 14.0. The molecule has 3 saturated carbocycles. The van der Waals surface area contributed by atoms with E-state index < -0.39 is 78.2 Å².